The summed E-state index contributed by atoms with van der Waals surface area (Å²) in [6.07, 6.45) is 4.61. The van der Waals surface area contributed by atoms with Gasteiger partial charge < -0.3 is 26.1 Å². The van der Waals surface area contributed by atoms with Crippen molar-refractivity contribution in [1.29, 1.82) is 0 Å². The maximum absolute atomic E-state index is 15.2. The number of fused-ring (bicyclic) bond motifs is 1. The number of hydrogen-bond donors (Lipinski definition) is 3. The largest absolute Gasteiger partial charge is 0.459 e. The molecule has 0 bridgehead atoms. The van der Waals surface area contributed by atoms with E-state index in [2.05, 4.69) is 5.32 Å². The van der Waals surface area contributed by atoms with Crippen molar-refractivity contribution in [2.24, 2.45) is 16.9 Å². The molecule has 1 aromatic carbocycles. The fraction of sp³-hybridized carbons (Fsp3) is 0.480. The number of primary amides is 1. The Morgan fingerprint density at radius 3 is 2.68 bits per heavy atom. The number of ketones is 1. The van der Waals surface area contributed by atoms with Gasteiger partial charge in [0.2, 0.25) is 0 Å². The van der Waals surface area contributed by atoms with Crippen molar-refractivity contribution in [3.63, 3.8) is 0 Å². The minimum Gasteiger partial charge on any atom is -0.459 e. The highest BCUT2D eigenvalue weighted by Crippen LogP contribution is 2.39. The minimum atomic E-state index is -0.901. The quantitative estimate of drug-likeness (QED) is 0.557. The van der Waals surface area contributed by atoms with Crippen molar-refractivity contribution in [3.05, 3.63) is 46.5 Å². The molecule has 1 fully saturated rings. The van der Waals surface area contributed by atoms with Crippen LogP contribution in [0, 0.1) is 18.2 Å². The Hall–Kier alpha value is -3.20. The van der Waals surface area contributed by atoms with E-state index in [9.17, 15) is 14.4 Å². The highest BCUT2D eigenvalue weighted by molar-refractivity contribution is 6.01. The Balaban J connectivity index is 1.76. The molecule has 0 aliphatic heterocycles. The molecule has 2 atom stereocenters. The van der Waals surface area contributed by atoms with Crippen LogP contribution in [0.5, 0.6) is 0 Å². The fourth-order valence-electron chi connectivity index (χ4n) is 5.25. The number of Topliss-reactive ketones (excluding diaryl/α,β-unsaturated/α-hetero) is 1. The van der Waals surface area contributed by atoms with Gasteiger partial charge in [0.05, 0.1) is 29.5 Å². The Kier molecular flexibility index (Phi) is 6.24. The summed E-state index contributed by atoms with van der Waals surface area (Å²) in [5, 5.41) is 3.19. The van der Waals surface area contributed by atoms with Gasteiger partial charge in [-0.15, -0.1) is 0 Å². The predicted octanol–water partition coefficient (Wildman–Crippen LogP) is 3.01. The number of anilines is 1. The highest BCUT2D eigenvalue weighted by atomic mass is 19.1. The molecule has 1 amide bonds. The van der Waals surface area contributed by atoms with Crippen molar-refractivity contribution < 1.29 is 23.5 Å². The van der Waals surface area contributed by atoms with Crippen LogP contribution in [0.3, 0.4) is 0 Å². The van der Waals surface area contributed by atoms with Gasteiger partial charge in [-0.05, 0) is 55.7 Å². The lowest BCUT2D eigenvalue weighted by Gasteiger charge is -2.30. The summed E-state index contributed by atoms with van der Waals surface area (Å²) in [6.45, 7) is 5.71. The average molecular weight is 471 g/mol. The number of ether oxygens (including phenoxy) is 1. The summed E-state index contributed by atoms with van der Waals surface area (Å²) in [5.41, 5.74) is 13.4. The molecule has 0 spiro atoms. The van der Waals surface area contributed by atoms with Crippen LogP contribution in [-0.2, 0) is 16.0 Å². The van der Waals surface area contributed by atoms with Crippen LogP contribution >= 0.6 is 0 Å². The number of esters is 1. The van der Waals surface area contributed by atoms with Crippen molar-refractivity contribution >= 4 is 23.3 Å². The van der Waals surface area contributed by atoms with Gasteiger partial charge in [0.1, 0.15) is 11.9 Å². The normalized spacial score (nSPS) is 21.3. The first-order valence-corrected chi connectivity index (χ1v) is 11.5. The van der Waals surface area contributed by atoms with E-state index in [0.29, 0.717) is 36.9 Å². The number of benzene rings is 1. The van der Waals surface area contributed by atoms with Crippen LogP contribution in [0.1, 0.15) is 71.5 Å². The van der Waals surface area contributed by atoms with Gasteiger partial charge in [-0.1, -0.05) is 13.8 Å². The van der Waals surface area contributed by atoms with Crippen LogP contribution in [-0.4, -0.2) is 40.9 Å². The molecule has 1 aromatic heterocycles. The number of aryl methyl sites for hydroxylation is 1. The molecule has 182 valence electrons. The molecule has 2 aromatic rings. The van der Waals surface area contributed by atoms with E-state index < -0.39 is 23.8 Å². The van der Waals surface area contributed by atoms with Crippen molar-refractivity contribution in [1.82, 2.24) is 4.57 Å². The Labute approximate surface area is 197 Å². The Morgan fingerprint density at radius 2 is 2.00 bits per heavy atom. The van der Waals surface area contributed by atoms with Crippen LogP contribution in [0.15, 0.2) is 18.3 Å². The lowest BCUT2D eigenvalue weighted by Crippen LogP contribution is -2.35. The number of nitrogens with two attached hydrogens (primary N) is 2. The number of amides is 1. The number of nitrogens with zero attached hydrogens (tertiary/aromatic N) is 1. The molecule has 9 heteroatoms. The number of nitrogens with one attached hydrogen (secondary N) is 1. The van der Waals surface area contributed by atoms with Crippen molar-refractivity contribution in [2.45, 2.75) is 65.0 Å². The molecule has 8 nitrogen and oxygen atoms in total. The molecule has 0 saturated heterocycles. The van der Waals surface area contributed by atoms with Crippen LogP contribution in [0.4, 0.5) is 10.1 Å². The van der Waals surface area contributed by atoms with Crippen LogP contribution in [0.2, 0.25) is 0 Å². The van der Waals surface area contributed by atoms with Crippen molar-refractivity contribution in [3.8, 4) is 5.69 Å². The summed E-state index contributed by atoms with van der Waals surface area (Å²) in [6, 6.07) is 2.61. The molecule has 1 saturated carbocycles. The fourth-order valence-corrected chi connectivity index (χ4v) is 5.25. The third kappa shape index (κ3) is 4.44. The van der Waals surface area contributed by atoms with Crippen molar-refractivity contribution in [2.75, 3.05) is 11.9 Å². The molecule has 5 N–H and O–H groups in total. The molecule has 1 heterocycles. The third-order valence-electron chi connectivity index (χ3n) is 6.70. The van der Waals surface area contributed by atoms with Crippen LogP contribution in [0.25, 0.3) is 5.69 Å². The number of rotatable bonds is 6. The molecule has 0 radical (unpaired) electrons. The van der Waals surface area contributed by atoms with E-state index in [1.54, 1.807) is 6.07 Å². The molecule has 2 aliphatic rings. The second-order valence-corrected chi connectivity index (χ2v) is 10.1. The van der Waals surface area contributed by atoms with Crippen LogP contribution < -0.4 is 16.8 Å². The van der Waals surface area contributed by atoms with E-state index in [1.165, 1.54) is 6.07 Å². The molecule has 34 heavy (non-hydrogen) atoms. The van der Waals surface area contributed by atoms with Gasteiger partial charge in [0.15, 0.2) is 5.78 Å². The zero-order valence-electron chi connectivity index (χ0n) is 19.7. The second kappa shape index (κ2) is 8.87. The van der Waals surface area contributed by atoms with Gasteiger partial charge >= 0.3 is 5.97 Å². The monoisotopic (exact) mass is 470 g/mol. The molecule has 2 unspecified atom stereocenters. The Bertz CT molecular complexity index is 1170. The number of halogens is 1. The number of hydrogen-bond acceptors (Lipinski definition) is 6. The molecular formula is C25H31FN4O4. The summed E-state index contributed by atoms with van der Waals surface area (Å²) in [5.74, 6) is -2.11. The summed E-state index contributed by atoms with van der Waals surface area (Å²) in [7, 11) is 0. The van der Waals surface area contributed by atoms with E-state index in [-0.39, 0.29) is 35.0 Å². The summed E-state index contributed by atoms with van der Waals surface area (Å²) >= 11 is 0. The number of carbonyl (C=O) groups excluding carboxylic acids is 3. The second-order valence-electron chi connectivity index (χ2n) is 10.1. The average Bonchev–Trinajstić information content (AvgIpc) is 3.29. The highest BCUT2D eigenvalue weighted by Gasteiger charge is 2.35. The SMILES string of the molecule is Cc1cn(-c2cc(F)c(C(N)=O)c(NC3CCCC3OC(=O)CN)c2)c2c1C(=O)CC(C)(C)C2. The molecule has 2 aliphatic carbocycles. The Morgan fingerprint density at radius 1 is 1.26 bits per heavy atom. The van der Waals surface area contributed by atoms with Gasteiger partial charge in [-0.25, -0.2) is 4.39 Å². The zero-order chi connectivity index (χ0) is 24.8. The maximum atomic E-state index is 15.2. The summed E-state index contributed by atoms with van der Waals surface area (Å²) < 4.78 is 22.5. The maximum Gasteiger partial charge on any atom is 0.320 e. The van der Waals surface area contributed by atoms with E-state index in [4.69, 9.17) is 16.2 Å². The first-order chi connectivity index (χ1) is 16.0. The molecule has 4 rings (SSSR count). The lowest BCUT2D eigenvalue weighted by molar-refractivity contribution is -0.147. The van der Waals surface area contributed by atoms with Gasteiger partial charge in [0, 0.05) is 23.9 Å². The van der Waals surface area contributed by atoms with Gasteiger partial charge in [-0.2, -0.15) is 0 Å². The minimum absolute atomic E-state index is 0.0746. The topological polar surface area (TPSA) is 129 Å². The molecular weight excluding hydrogens is 439 g/mol. The summed E-state index contributed by atoms with van der Waals surface area (Å²) in [4.78, 5) is 36.6. The predicted molar refractivity (Wildman–Crippen MR) is 126 cm³/mol. The first-order valence-electron chi connectivity index (χ1n) is 11.5. The van der Waals surface area contributed by atoms with Gasteiger partial charge in [0.25, 0.3) is 5.91 Å². The first kappa shape index (κ1) is 23.9. The smallest absolute Gasteiger partial charge is 0.320 e. The number of carbonyl (C=O) groups is 3. The van der Waals surface area contributed by atoms with E-state index in [1.807, 2.05) is 31.5 Å². The third-order valence-corrected chi connectivity index (χ3v) is 6.70. The number of aromatic nitrogens is 1. The standard InChI is InChI=1S/C25H31FN4O4/c1-13-12-30(18-9-25(2,3)10-19(31)22(13)18)14-7-15(26)23(24(28)33)17(8-14)29-16-5-4-6-20(16)34-21(32)11-27/h7-8,12,16,20,29H,4-6,9-11,27H2,1-3H3,(H2,28,33). The van der Waals surface area contributed by atoms with E-state index >= 15 is 4.39 Å². The van der Waals surface area contributed by atoms with E-state index in [0.717, 1.165) is 17.7 Å². The lowest BCUT2D eigenvalue weighted by atomic mass is 9.75. The van der Waals surface area contributed by atoms with Gasteiger partial charge in [-0.3, -0.25) is 14.4 Å². The zero-order valence-corrected chi connectivity index (χ0v) is 19.7.